The topological polar surface area (TPSA) is 67.8 Å². The van der Waals surface area contributed by atoms with Crippen LogP contribution in [0.3, 0.4) is 0 Å². The second kappa shape index (κ2) is 7.72. The molecule has 1 amide bonds. The molecule has 1 rings (SSSR count). The Bertz CT molecular complexity index is 496. The van der Waals surface area contributed by atoms with Crippen molar-refractivity contribution in [1.82, 2.24) is 5.32 Å². The van der Waals surface area contributed by atoms with Gasteiger partial charge in [0.1, 0.15) is 17.2 Å². The van der Waals surface area contributed by atoms with Crippen LogP contribution in [0.1, 0.15) is 13.8 Å². The van der Waals surface area contributed by atoms with E-state index < -0.39 is 17.5 Å². The molecule has 0 radical (unpaired) electrons. The minimum atomic E-state index is -1.15. The maximum atomic E-state index is 13.0. The quantitative estimate of drug-likeness (QED) is 0.775. The van der Waals surface area contributed by atoms with Gasteiger partial charge in [-0.3, -0.25) is 4.79 Å². The van der Waals surface area contributed by atoms with Crippen molar-refractivity contribution >= 4 is 21.8 Å². The summed E-state index contributed by atoms with van der Waals surface area (Å²) in [5.74, 6) is -0.424. The molecular weight excluding hydrogens is 345 g/mol. The van der Waals surface area contributed by atoms with E-state index in [1.807, 2.05) is 0 Å². The third kappa shape index (κ3) is 5.99. The Kier molecular flexibility index (Phi) is 6.57. The molecule has 2 N–H and O–H groups in total. The second-order valence-electron chi connectivity index (χ2n) is 4.98. The van der Waals surface area contributed by atoms with Crippen molar-refractivity contribution in [3.63, 3.8) is 0 Å². The van der Waals surface area contributed by atoms with Crippen LogP contribution in [0.25, 0.3) is 0 Å². The smallest absolute Gasteiger partial charge is 0.260 e. The highest BCUT2D eigenvalue weighted by Gasteiger charge is 2.23. The molecular formula is C14H19BrFNO4. The minimum Gasteiger partial charge on any atom is -0.480 e. The first-order chi connectivity index (χ1) is 9.75. The molecule has 2 atom stereocenters. The van der Waals surface area contributed by atoms with Gasteiger partial charge in [0.2, 0.25) is 0 Å². The van der Waals surface area contributed by atoms with E-state index in [9.17, 15) is 14.3 Å². The number of hydrogen-bond donors (Lipinski definition) is 2. The number of amides is 1. The molecule has 7 heteroatoms. The predicted molar refractivity (Wildman–Crippen MR) is 79.7 cm³/mol. The molecule has 1 aromatic rings. The van der Waals surface area contributed by atoms with Crippen LogP contribution in [-0.4, -0.2) is 43.0 Å². The van der Waals surface area contributed by atoms with Crippen molar-refractivity contribution in [2.24, 2.45) is 0 Å². The Hall–Kier alpha value is -1.18. The van der Waals surface area contributed by atoms with Crippen LogP contribution in [0.2, 0.25) is 0 Å². The van der Waals surface area contributed by atoms with Crippen LogP contribution >= 0.6 is 15.9 Å². The fourth-order valence-corrected chi connectivity index (χ4v) is 2.04. The zero-order valence-electron chi connectivity index (χ0n) is 12.2. The van der Waals surface area contributed by atoms with Gasteiger partial charge in [0, 0.05) is 13.7 Å². The molecule has 0 aromatic heterocycles. The number of aliphatic hydroxyl groups is 1. The first-order valence-corrected chi connectivity index (χ1v) is 7.15. The van der Waals surface area contributed by atoms with Gasteiger partial charge in [0.25, 0.3) is 5.91 Å². The van der Waals surface area contributed by atoms with Crippen LogP contribution < -0.4 is 10.1 Å². The number of ether oxygens (including phenoxy) is 2. The number of halogens is 2. The van der Waals surface area contributed by atoms with Gasteiger partial charge < -0.3 is 19.9 Å². The molecule has 0 saturated carbocycles. The third-order valence-corrected chi connectivity index (χ3v) is 3.29. The summed E-state index contributed by atoms with van der Waals surface area (Å²) < 4.78 is 23.7. The lowest BCUT2D eigenvalue weighted by atomic mass is 10.1. The average Bonchev–Trinajstić information content (AvgIpc) is 2.39. The van der Waals surface area contributed by atoms with Gasteiger partial charge in [-0.15, -0.1) is 0 Å². The lowest BCUT2D eigenvalue weighted by molar-refractivity contribution is -0.128. The zero-order valence-corrected chi connectivity index (χ0v) is 13.7. The molecule has 0 aliphatic heterocycles. The number of carbonyl (C=O) groups is 1. The number of rotatable bonds is 7. The predicted octanol–water partition coefficient (Wildman–Crippen LogP) is 1.87. The van der Waals surface area contributed by atoms with Gasteiger partial charge in [0.15, 0.2) is 6.10 Å². The van der Waals surface area contributed by atoms with Gasteiger partial charge in [-0.2, -0.15) is 0 Å². The largest absolute Gasteiger partial charge is 0.480 e. The van der Waals surface area contributed by atoms with Crippen molar-refractivity contribution in [2.75, 3.05) is 20.3 Å². The van der Waals surface area contributed by atoms with E-state index in [1.165, 1.54) is 25.3 Å². The van der Waals surface area contributed by atoms with Crippen LogP contribution in [0.5, 0.6) is 5.75 Å². The number of nitrogens with one attached hydrogen (secondary N) is 1. The van der Waals surface area contributed by atoms with E-state index in [-0.39, 0.29) is 19.1 Å². The SMILES string of the molecule is COC[C@](C)(O)CNC(=O)[C@@H](C)Oc1ccc(F)cc1Br. The Balaban J connectivity index is 2.55. The molecule has 0 fully saturated rings. The van der Waals surface area contributed by atoms with Crippen molar-refractivity contribution in [3.05, 3.63) is 28.5 Å². The summed E-state index contributed by atoms with van der Waals surface area (Å²) in [6.45, 7) is 3.26. The number of benzene rings is 1. The van der Waals surface area contributed by atoms with E-state index in [0.29, 0.717) is 10.2 Å². The van der Waals surface area contributed by atoms with Gasteiger partial charge in [-0.25, -0.2) is 4.39 Å². The lowest BCUT2D eigenvalue weighted by Crippen LogP contribution is -2.47. The van der Waals surface area contributed by atoms with E-state index in [4.69, 9.17) is 9.47 Å². The van der Waals surface area contributed by atoms with E-state index in [1.54, 1.807) is 13.8 Å². The summed E-state index contributed by atoms with van der Waals surface area (Å²) in [6, 6.07) is 3.93. The Labute approximate surface area is 131 Å². The highest BCUT2D eigenvalue weighted by Crippen LogP contribution is 2.26. The molecule has 0 aliphatic rings. The van der Waals surface area contributed by atoms with Gasteiger partial charge in [-0.05, 0) is 48.0 Å². The van der Waals surface area contributed by atoms with Crippen LogP contribution in [0.4, 0.5) is 4.39 Å². The molecule has 21 heavy (non-hydrogen) atoms. The van der Waals surface area contributed by atoms with Crippen molar-refractivity contribution < 1.29 is 23.8 Å². The van der Waals surface area contributed by atoms with Crippen molar-refractivity contribution in [1.29, 1.82) is 0 Å². The van der Waals surface area contributed by atoms with Crippen LogP contribution in [0, 0.1) is 5.82 Å². The molecule has 0 heterocycles. The minimum absolute atomic E-state index is 0.0396. The van der Waals surface area contributed by atoms with E-state index >= 15 is 0 Å². The molecule has 0 spiro atoms. The monoisotopic (exact) mass is 363 g/mol. The Morgan fingerprint density at radius 3 is 2.81 bits per heavy atom. The first-order valence-electron chi connectivity index (χ1n) is 6.36. The molecule has 0 unspecified atom stereocenters. The summed E-state index contributed by atoms with van der Waals surface area (Å²) in [4.78, 5) is 11.9. The highest BCUT2D eigenvalue weighted by atomic mass is 79.9. The number of methoxy groups -OCH3 is 1. The Morgan fingerprint density at radius 1 is 1.57 bits per heavy atom. The zero-order chi connectivity index (χ0) is 16.0. The normalized spacial score (nSPS) is 15.1. The summed E-state index contributed by atoms with van der Waals surface area (Å²) in [6.07, 6.45) is -0.787. The maximum absolute atomic E-state index is 13.0. The number of hydrogen-bond acceptors (Lipinski definition) is 4. The van der Waals surface area contributed by atoms with E-state index in [0.717, 1.165) is 0 Å². The summed E-state index contributed by atoms with van der Waals surface area (Å²) in [5.41, 5.74) is -1.15. The standard InChI is InChI=1S/C14H19BrFNO4/c1-9(13(18)17-7-14(2,19)8-20-3)21-12-5-4-10(16)6-11(12)15/h4-6,9,19H,7-8H2,1-3H3,(H,17,18)/t9-,14-/m1/s1. The van der Waals surface area contributed by atoms with Gasteiger partial charge in [0.05, 0.1) is 11.1 Å². The Morgan fingerprint density at radius 2 is 2.24 bits per heavy atom. The van der Waals surface area contributed by atoms with Crippen LogP contribution in [-0.2, 0) is 9.53 Å². The van der Waals surface area contributed by atoms with Crippen molar-refractivity contribution in [3.8, 4) is 5.75 Å². The van der Waals surface area contributed by atoms with Gasteiger partial charge >= 0.3 is 0 Å². The number of carbonyl (C=O) groups excluding carboxylic acids is 1. The van der Waals surface area contributed by atoms with E-state index in [2.05, 4.69) is 21.2 Å². The van der Waals surface area contributed by atoms with Crippen molar-refractivity contribution in [2.45, 2.75) is 25.6 Å². The molecule has 118 valence electrons. The molecule has 0 saturated heterocycles. The first kappa shape index (κ1) is 17.9. The maximum Gasteiger partial charge on any atom is 0.260 e. The highest BCUT2D eigenvalue weighted by molar-refractivity contribution is 9.10. The summed E-state index contributed by atoms with van der Waals surface area (Å²) >= 11 is 3.16. The fraction of sp³-hybridized carbons (Fsp3) is 0.500. The summed E-state index contributed by atoms with van der Waals surface area (Å²) in [5, 5.41) is 12.5. The second-order valence-corrected chi connectivity index (χ2v) is 5.84. The van der Waals surface area contributed by atoms with Crippen LogP contribution in [0.15, 0.2) is 22.7 Å². The molecule has 0 bridgehead atoms. The molecule has 1 aromatic carbocycles. The third-order valence-electron chi connectivity index (χ3n) is 2.67. The lowest BCUT2D eigenvalue weighted by Gasteiger charge is -2.24. The molecule has 0 aliphatic carbocycles. The van der Waals surface area contributed by atoms with Gasteiger partial charge in [-0.1, -0.05) is 0 Å². The average molecular weight is 364 g/mol. The fourth-order valence-electron chi connectivity index (χ4n) is 1.60. The molecule has 5 nitrogen and oxygen atoms in total. The summed E-state index contributed by atoms with van der Waals surface area (Å²) in [7, 11) is 1.47.